The third-order valence-electron chi connectivity index (χ3n) is 2.88. The highest BCUT2D eigenvalue weighted by Gasteiger charge is 2.13. The first-order valence-corrected chi connectivity index (χ1v) is 7.94. The van der Waals surface area contributed by atoms with Crippen molar-refractivity contribution in [3.8, 4) is 5.75 Å². The highest BCUT2D eigenvalue weighted by molar-refractivity contribution is 7.99. The highest BCUT2D eigenvalue weighted by atomic mass is 32.2. The van der Waals surface area contributed by atoms with Gasteiger partial charge in [-0.25, -0.2) is 4.39 Å². The minimum atomic E-state index is -0.284. The van der Waals surface area contributed by atoms with Crippen molar-refractivity contribution in [3.63, 3.8) is 0 Å². The average Bonchev–Trinajstić information content (AvgIpc) is 2.46. The largest absolute Gasteiger partial charge is 0.488 e. The molecule has 0 aliphatic carbocycles. The van der Waals surface area contributed by atoms with E-state index < -0.39 is 0 Å². The van der Waals surface area contributed by atoms with E-state index in [0.717, 1.165) is 16.2 Å². The lowest BCUT2D eigenvalue weighted by atomic mass is 10.2. The van der Waals surface area contributed by atoms with Gasteiger partial charge in [0.05, 0.1) is 5.56 Å². The minimum absolute atomic E-state index is 0.141. The first-order chi connectivity index (χ1) is 10.1. The fourth-order valence-corrected chi connectivity index (χ4v) is 3.04. The smallest absolute Gasteiger partial charge is 0.131 e. The second-order valence-electron chi connectivity index (χ2n) is 4.31. The van der Waals surface area contributed by atoms with Crippen molar-refractivity contribution < 1.29 is 9.13 Å². The van der Waals surface area contributed by atoms with E-state index in [9.17, 15) is 4.39 Å². The predicted octanol–water partition coefficient (Wildman–Crippen LogP) is 4.15. The van der Waals surface area contributed by atoms with Crippen LogP contribution in [0.5, 0.6) is 5.75 Å². The standard InChI is InChI=1S/C16H16FNOS2/c1-2-21-14-9-5-8-13(15(14)16(18)20)19-10-11-6-3-4-7-12(11)17/h3-9H,2,10H2,1H3,(H2,18,20). The molecule has 0 bridgehead atoms. The first-order valence-electron chi connectivity index (χ1n) is 6.55. The number of ether oxygens (including phenoxy) is 1. The van der Waals surface area contributed by atoms with Gasteiger partial charge >= 0.3 is 0 Å². The Hall–Kier alpha value is -1.59. The molecule has 5 heteroatoms. The van der Waals surface area contributed by atoms with Gasteiger partial charge in [-0.3, -0.25) is 0 Å². The zero-order valence-corrected chi connectivity index (χ0v) is 13.3. The van der Waals surface area contributed by atoms with E-state index in [2.05, 4.69) is 6.92 Å². The Balaban J connectivity index is 2.25. The normalized spacial score (nSPS) is 10.4. The summed E-state index contributed by atoms with van der Waals surface area (Å²) in [4.78, 5) is 1.27. The summed E-state index contributed by atoms with van der Waals surface area (Å²) in [5.74, 6) is 1.21. The summed E-state index contributed by atoms with van der Waals surface area (Å²) in [7, 11) is 0. The summed E-state index contributed by atoms with van der Waals surface area (Å²) in [6.45, 7) is 2.20. The van der Waals surface area contributed by atoms with Gasteiger partial charge in [-0.15, -0.1) is 11.8 Å². The molecular formula is C16H16FNOS2. The second-order valence-corrected chi connectivity index (χ2v) is 6.05. The van der Waals surface area contributed by atoms with Crippen LogP contribution >= 0.6 is 24.0 Å². The van der Waals surface area contributed by atoms with Crippen LogP contribution in [0.3, 0.4) is 0 Å². The van der Waals surface area contributed by atoms with E-state index in [-0.39, 0.29) is 17.4 Å². The summed E-state index contributed by atoms with van der Waals surface area (Å²) in [5, 5.41) is 0. The second kappa shape index (κ2) is 7.43. The molecule has 0 atom stereocenters. The molecule has 2 rings (SSSR count). The van der Waals surface area contributed by atoms with Gasteiger partial charge in [-0.1, -0.05) is 43.4 Å². The van der Waals surface area contributed by atoms with Gasteiger partial charge in [-0.2, -0.15) is 0 Å². The average molecular weight is 321 g/mol. The summed E-state index contributed by atoms with van der Waals surface area (Å²) in [5.41, 5.74) is 7.03. The van der Waals surface area contributed by atoms with Gasteiger partial charge in [0.1, 0.15) is 23.2 Å². The van der Waals surface area contributed by atoms with Crippen LogP contribution < -0.4 is 10.5 Å². The van der Waals surface area contributed by atoms with Crippen molar-refractivity contribution in [2.75, 3.05) is 5.75 Å². The molecule has 110 valence electrons. The Kier molecular flexibility index (Phi) is 5.59. The molecule has 0 aromatic heterocycles. The number of nitrogens with two attached hydrogens (primary N) is 1. The Morgan fingerprint density at radius 3 is 2.67 bits per heavy atom. The summed E-state index contributed by atoms with van der Waals surface area (Å²) < 4.78 is 19.3. The molecule has 0 spiro atoms. The van der Waals surface area contributed by atoms with Crippen LogP contribution in [0, 0.1) is 5.82 Å². The molecule has 2 aromatic carbocycles. The van der Waals surface area contributed by atoms with Gasteiger partial charge in [-0.05, 0) is 24.0 Å². The minimum Gasteiger partial charge on any atom is -0.488 e. The van der Waals surface area contributed by atoms with E-state index in [0.29, 0.717) is 11.3 Å². The lowest BCUT2D eigenvalue weighted by molar-refractivity contribution is 0.298. The molecule has 2 aromatic rings. The number of hydrogen-bond acceptors (Lipinski definition) is 3. The van der Waals surface area contributed by atoms with Crippen LogP contribution in [0.25, 0.3) is 0 Å². The Morgan fingerprint density at radius 2 is 2.00 bits per heavy atom. The Labute approximate surface area is 133 Å². The molecule has 0 saturated heterocycles. The van der Waals surface area contributed by atoms with Gasteiger partial charge in [0.25, 0.3) is 0 Å². The molecule has 2 nitrogen and oxygen atoms in total. The zero-order chi connectivity index (χ0) is 15.2. The van der Waals surface area contributed by atoms with Crippen molar-refractivity contribution in [3.05, 3.63) is 59.4 Å². The molecule has 2 N–H and O–H groups in total. The first kappa shape index (κ1) is 15.8. The maximum atomic E-state index is 13.6. The predicted molar refractivity (Wildman–Crippen MR) is 89.5 cm³/mol. The number of thiocarbonyl (C=S) groups is 1. The van der Waals surface area contributed by atoms with Crippen molar-refractivity contribution in [2.45, 2.75) is 18.4 Å². The van der Waals surface area contributed by atoms with E-state index in [1.54, 1.807) is 36.0 Å². The topological polar surface area (TPSA) is 35.2 Å². The van der Waals surface area contributed by atoms with Crippen LogP contribution in [0.2, 0.25) is 0 Å². The lowest BCUT2D eigenvalue weighted by Crippen LogP contribution is -2.13. The van der Waals surface area contributed by atoms with Crippen molar-refractivity contribution in [1.82, 2.24) is 0 Å². The molecule has 0 amide bonds. The molecule has 0 heterocycles. The summed E-state index contributed by atoms with van der Waals surface area (Å²) in [6, 6.07) is 12.2. The number of halogens is 1. The molecular weight excluding hydrogens is 305 g/mol. The third kappa shape index (κ3) is 3.95. The maximum Gasteiger partial charge on any atom is 0.131 e. The SMILES string of the molecule is CCSc1cccc(OCc2ccccc2F)c1C(N)=S. The Bertz CT molecular complexity index is 646. The van der Waals surface area contributed by atoms with Crippen molar-refractivity contribution >= 4 is 29.0 Å². The highest BCUT2D eigenvalue weighted by Crippen LogP contribution is 2.30. The molecule has 0 radical (unpaired) electrons. The van der Waals surface area contributed by atoms with Crippen LogP contribution in [0.4, 0.5) is 4.39 Å². The van der Waals surface area contributed by atoms with Crippen LogP contribution in [0.1, 0.15) is 18.1 Å². The van der Waals surface area contributed by atoms with Gasteiger partial charge in [0.2, 0.25) is 0 Å². The number of hydrogen-bond donors (Lipinski definition) is 1. The van der Waals surface area contributed by atoms with E-state index >= 15 is 0 Å². The van der Waals surface area contributed by atoms with Gasteiger partial charge < -0.3 is 10.5 Å². The van der Waals surface area contributed by atoms with E-state index in [1.807, 2.05) is 12.1 Å². The van der Waals surface area contributed by atoms with E-state index in [1.165, 1.54) is 6.07 Å². The van der Waals surface area contributed by atoms with Gasteiger partial charge in [0, 0.05) is 10.5 Å². The monoisotopic (exact) mass is 321 g/mol. The van der Waals surface area contributed by atoms with Crippen LogP contribution in [-0.2, 0) is 6.61 Å². The van der Waals surface area contributed by atoms with Crippen molar-refractivity contribution in [2.24, 2.45) is 5.73 Å². The van der Waals surface area contributed by atoms with E-state index in [4.69, 9.17) is 22.7 Å². The molecule has 0 saturated carbocycles. The molecule has 0 aliphatic rings. The zero-order valence-electron chi connectivity index (χ0n) is 11.6. The molecule has 0 unspecified atom stereocenters. The summed E-state index contributed by atoms with van der Waals surface area (Å²) in [6.07, 6.45) is 0. The van der Waals surface area contributed by atoms with Gasteiger partial charge in [0.15, 0.2) is 0 Å². The maximum absolute atomic E-state index is 13.6. The van der Waals surface area contributed by atoms with Crippen molar-refractivity contribution in [1.29, 1.82) is 0 Å². The fraction of sp³-hybridized carbons (Fsp3) is 0.188. The molecule has 0 fully saturated rings. The number of benzene rings is 2. The molecule has 21 heavy (non-hydrogen) atoms. The van der Waals surface area contributed by atoms with Crippen LogP contribution in [0.15, 0.2) is 47.4 Å². The summed E-state index contributed by atoms with van der Waals surface area (Å²) >= 11 is 6.77. The molecule has 0 aliphatic heterocycles. The van der Waals surface area contributed by atoms with Crippen LogP contribution in [-0.4, -0.2) is 10.7 Å². The number of rotatable bonds is 6. The lowest BCUT2D eigenvalue weighted by Gasteiger charge is -2.14. The quantitative estimate of drug-likeness (QED) is 0.640. The number of thioether (sulfide) groups is 1. The third-order valence-corrected chi connectivity index (χ3v) is 4.02. The fourth-order valence-electron chi connectivity index (χ4n) is 1.92. The Morgan fingerprint density at radius 1 is 1.24 bits per heavy atom.